The SMILES string of the molecule is COC(=O)C(C)n1nc(-c2ccc3c(c2)OCO3)ccc1=O. The number of rotatable bonds is 3. The van der Waals surface area contributed by atoms with Gasteiger partial charge in [0.25, 0.3) is 5.56 Å². The van der Waals surface area contributed by atoms with Gasteiger partial charge in [0.05, 0.1) is 12.8 Å². The van der Waals surface area contributed by atoms with Crippen LogP contribution in [0.15, 0.2) is 35.1 Å². The van der Waals surface area contributed by atoms with Crippen LogP contribution in [0, 0.1) is 0 Å². The first-order valence-corrected chi connectivity index (χ1v) is 6.68. The Labute approximate surface area is 126 Å². The summed E-state index contributed by atoms with van der Waals surface area (Å²) in [6.07, 6.45) is 0. The monoisotopic (exact) mass is 302 g/mol. The molecule has 2 aromatic rings. The molecule has 0 N–H and O–H groups in total. The Balaban J connectivity index is 2.02. The van der Waals surface area contributed by atoms with E-state index < -0.39 is 12.0 Å². The third kappa shape index (κ3) is 2.41. The fourth-order valence-corrected chi connectivity index (χ4v) is 2.18. The Hall–Kier alpha value is -2.83. The number of hydrogen-bond donors (Lipinski definition) is 0. The number of ether oxygens (including phenoxy) is 3. The van der Waals surface area contributed by atoms with Crippen molar-refractivity contribution in [1.82, 2.24) is 9.78 Å². The second kappa shape index (κ2) is 5.51. The van der Waals surface area contributed by atoms with Gasteiger partial charge in [-0.1, -0.05) is 0 Å². The molecule has 0 amide bonds. The smallest absolute Gasteiger partial charge is 0.330 e. The summed E-state index contributed by atoms with van der Waals surface area (Å²) in [5.74, 6) is 0.760. The van der Waals surface area contributed by atoms with Crippen LogP contribution >= 0.6 is 0 Å². The summed E-state index contributed by atoms with van der Waals surface area (Å²) in [6, 6.07) is 7.53. The molecular formula is C15H14N2O5. The topological polar surface area (TPSA) is 79.7 Å². The van der Waals surface area contributed by atoms with Crippen LogP contribution in [0.3, 0.4) is 0 Å². The molecule has 7 nitrogen and oxygen atoms in total. The summed E-state index contributed by atoms with van der Waals surface area (Å²) < 4.78 is 16.3. The molecule has 0 radical (unpaired) electrons. The minimum absolute atomic E-state index is 0.186. The number of methoxy groups -OCH3 is 1. The minimum Gasteiger partial charge on any atom is -0.467 e. The Morgan fingerprint density at radius 3 is 2.82 bits per heavy atom. The van der Waals surface area contributed by atoms with Crippen molar-refractivity contribution >= 4 is 5.97 Å². The van der Waals surface area contributed by atoms with Crippen molar-refractivity contribution < 1.29 is 19.0 Å². The fraction of sp³-hybridized carbons (Fsp3) is 0.267. The van der Waals surface area contributed by atoms with Crippen molar-refractivity contribution in [3.05, 3.63) is 40.7 Å². The Bertz CT molecular complexity index is 784. The molecule has 0 fully saturated rings. The van der Waals surface area contributed by atoms with Gasteiger partial charge in [0, 0.05) is 11.6 Å². The third-order valence-corrected chi connectivity index (χ3v) is 3.40. The van der Waals surface area contributed by atoms with E-state index in [1.807, 2.05) is 6.07 Å². The van der Waals surface area contributed by atoms with Crippen LogP contribution in [0.1, 0.15) is 13.0 Å². The molecule has 2 heterocycles. The average molecular weight is 302 g/mol. The molecule has 0 aliphatic carbocycles. The highest BCUT2D eigenvalue weighted by molar-refractivity contribution is 5.73. The summed E-state index contributed by atoms with van der Waals surface area (Å²) in [7, 11) is 1.27. The lowest BCUT2D eigenvalue weighted by Crippen LogP contribution is -2.30. The van der Waals surface area contributed by atoms with Gasteiger partial charge in [0.1, 0.15) is 0 Å². The van der Waals surface area contributed by atoms with Gasteiger partial charge in [-0.25, -0.2) is 9.48 Å². The highest BCUT2D eigenvalue weighted by Crippen LogP contribution is 2.35. The van der Waals surface area contributed by atoms with Crippen molar-refractivity contribution in [3.63, 3.8) is 0 Å². The van der Waals surface area contributed by atoms with Crippen molar-refractivity contribution in [2.75, 3.05) is 13.9 Å². The molecule has 1 unspecified atom stereocenters. The zero-order valence-electron chi connectivity index (χ0n) is 12.1. The number of carbonyl (C=O) groups excluding carboxylic acids is 1. The maximum Gasteiger partial charge on any atom is 0.330 e. The summed E-state index contributed by atoms with van der Waals surface area (Å²) in [4.78, 5) is 23.5. The maximum atomic E-state index is 11.9. The van der Waals surface area contributed by atoms with Crippen LogP contribution in [0.2, 0.25) is 0 Å². The molecule has 22 heavy (non-hydrogen) atoms. The predicted octanol–water partition coefficient (Wildman–Crippen LogP) is 1.37. The van der Waals surface area contributed by atoms with Crippen LogP contribution < -0.4 is 15.0 Å². The second-order valence-corrected chi connectivity index (χ2v) is 4.77. The number of nitrogens with zero attached hydrogens (tertiary/aromatic N) is 2. The molecule has 7 heteroatoms. The van der Waals surface area contributed by atoms with Gasteiger partial charge in [-0.15, -0.1) is 0 Å². The summed E-state index contributed by atoms with van der Waals surface area (Å²) >= 11 is 0. The van der Waals surface area contributed by atoms with Crippen LogP contribution in [-0.2, 0) is 9.53 Å². The first kappa shape index (κ1) is 14.1. The average Bonchev–Trinajstić information content (AvgIpc) is 3.01. The van der Waals surface area contributed by atoms with Crippen LogP contribution in [0.5, 0.6) is 11.5 Å². The zero-order valence-corrected chi connectivity index (χ0v) is 12.1. The normalized spacial score (nSPS) is 13.7. The Morgan fingerprint density at radius 1 is 1.27 bits per heavy atom. The predicted molar refractivity (Wildman–Crippen MR) is 76.8 cm³/mol. The van der Waals surface area contributed by atoms with E-state index in [1.54, 1.807) is 25.1 Å². The fourth-order valence-electron chi connectivity index (χ4n) is 2.18. The first-order valence-electron chi connectivity index (χ1n) is 6.68. The van der Waals surface area contributed by atoms with Crippen molar-refractivity contribution in [3.8, 4) is 22.8 Å². The number of esters is 1. The highest BCUT2D eigenvalue weighted by Gasteiger charge is 2.19. The number of fused-ring (bicyclic) bond motifs is 1. The van der Waals surface area contributed by atoms with Gasteiger partial charge in [0.2, 0.25) is 6.79 Å². The molecule has 3 rings (SSSR count). The van der Waals surface area contributed by atoms with E-state index in [0.29, 0.717) is 17.2 Å². The quantitative estimate of drug-likeness (QED) is 0.797. The van der Waals surface area contributed by atoms with E-state index in [0.717, 1.165) is 10.2 Å². The van der Waals surface area contributed by atoms with Gasteiger partial charge in [-0.3, -0.25) is 4.79 Å². The lowest BCUT2D eigenvalue weighted by Gasteiger charge is -2.12. The number of aromatic nitrogens is 2. The van der Waals surface area contributed by atoms with E-state index >= 15 is 0 Å². The largest absolute Gasteiger partial charge is 0.467 e. The Kier molecular flexibility index (Phi) is 3.54. The first-order chi connectivity index (χ1) is 10.6. The van der Waals surface area contributed by atoms with E-state index in [1.165, 1.54) is 13.2 Å². The number of hydrogen-bond acceptors (Lipinski definition) is 6. The zero-order chi connectivity index (χ0) is 15.7. The summed E-state index contributed by atoms with van der Waals surface area (Å²) in [5, 5.41) is 4.24. The molecule has 0 spiro atoms. The van der Waals surface area contributed by atoms with Gasteiger partial charge < -0.3 is 14.2 Å². The number of carbonyl (C=O) groups is 1. The van der Waals surface area contributed by atoms with Gasteiger partial charge in [-0.2, -0.15) is 5.10 Å². The van der Waals surface area contributed by atoms with Gasteiger partial charge >= 0.3 is 5.97 Å². The summed E-state index contributed by atoms with van der Waals surface area (Å²) in [5.41, 5.74) is 0.936. The third-order valence-electron chi connectivity index (χ3n) is 3.40. The van der Waals surface area contributed by atoms with Gasteiger partial charge in [-0.05, 0) is 31.2 Å². The standard InChI is InChI=1S/C15H14N2O5/c1-9(15(19)20-2)17-14(18)6-4-11(16-17)10-3-5-12-13(7-10)22-8-21-12/h3-7,9H,8H2,1-2H3. The molecule has 114 valence electrons. The van der Waals surface area contributed by atoms with E-state index in [-0.39, 0.29) is 12.4 Å². The number of benzene rings is 1. The van der Waals surface area contributed by atoms with Gasteiger partial charge in [0.15, 0.2) is 17.5 Å². The van der Waals surface area contributed by atoms with Crippen LogP contribution in [-0.4, -0.2) is 29.7 Å². The van der Waals surface area contributed by atoms with Crippen LogP contribution in [0.25, 0.3) is 11.3 Å². The molecule has 1 atom stereocenters. The second-order valence-electron chi connectivity index (χ2n) is 4.77. The van der Waals surface area contributed by atoms with Crippen LogP contribution in [0.4, 0.5) is 0 Å². The van der Waals surface area contributed by atoms with E-state index in [2.05, 4.69) is 9.84 Å². The van der Waals surface area contributed by atoms with Crippen molar-refractivity contribution in [2.45, 2.75) is 13.0 Å². The van der Waals surface area contributed by atoms with E-state index in [9.17, 15) is 9.59 Å². The van der Waals surface area contributed by atoms with Crippen molar-refractivity contribution in [1.29, 1.82) is 0 Å². The summed E-state index contributed by atoms with van der Waals surface area (Å²) in [6.45, 7) is 1.74. The maximum absolute atomic E-state index is 11.9. The lowest BCUT2D eigenvalue weighted by atomic mass is 10.1. The molecule has 1 aromatic heterocycles. The lowest BCUT2D eigenvalue weighted by molar-refractivity contribution is -0.144. The van der Waals surface area contributed by atoms with E-state index in [4.69, 9.17) is 9.47 Å². The molecule has 0 saturated heterocycles. The molecule has 1 aliphatic rings. The molecule has 1 aromatic carbocycles. The molecule has 0 bridgehead atoms. The molecule has 0 saturated carbocycles. The minimum atomic E-state index is -0.800. The highest BCUT2D eigenvalue weighted by atomic mass is 16.7. The molecule has 1 aliphatic heterocycles. The Morgan fingerprint density at radius 2 is 2.05 bits per heavy atom. The molecular weight excluding hydrogens is 288 g/mol. The van der Waals surface area contributed by atoms with Crippen molar-refractivity contribution in [2.24, 2.45) is 0 Å².